The van der Waals surface area contributed by atoms with Gasteiger partial charge in [-0.05, 0) is 18.4 Å². The second-order valence-corrected chi connectivity index (χ2v) is 5.04. The van der Waals surface area contributed by atoms with Gasteiger partial charge in [0, 0.05) is 6.04 Å². The predicted molar refractivity (Wildman–Crippen MR) is 73.1 cm³/mol. The zero-order valence-electron chi connectivity index (χ0n) is 11.2. The molecule has 1 aromatic rings. The molecule has 0 radical (unpaired) electrons. The van der Waals surface area contributed by atoms with E-state index in [1.807, 2.05) is 30.3 Å². The maximum atomic E-state index is 11.7. The molecule has 1 aliphatic rings. The lowest BCUT2D eigenvalue weighted by molar-refractivity contribution is -0.143. The Bertz CT molecular complexity index is 460. The highest BCUT2D eigenvalue weighted by Gasteiger charge is 2.32. The molecular weight excluding hydrogens is 258 g/mol. The van der Waals surface area contributed by atoms with Crippen LogP contribution in [0.5, 0.6) is 0 Å². The van der Waals surface area contributed by atoms with Crippen LogP contribution in [0.15, 0.2) is 30.3 Å². The summed E-state index contributed by atoms with van der Waals surface area (Å²) in [5.74, 6) is -1.36. The first-order chi connectivity index (χ1) is 9.66. The number of carboxylic acid groups (broad SMARTS) is 1. The van der Waals surface area contributed by atoms with E-state index in [0.29, 0.717) is 12.8 Å². The van der Waals surface area contributed by atoms with E-state index in [0.717, 1.165) is 18.4 Å². The summed E-state index contributed by atoms with van der Waals surface area (Å²) in [4.78, 5) is 22.9. The maximum Gasteiger partial charge on any atom is 0.407 e. The van der Waals surface area contributed by atoms with E-state index in [1.165, 1.54) is 0 Å². The first kappa shape index (κ1) is 14.4. The lowest BCUT2D eigenvalue weighted by atomic mass is 9.85. The number of hydrogen-bond acceptors (Lipinski definition) is 3. The van der Waals surface area contributed by atoms with Crippen molar-refractivity contribution in [1.29, 1.82) is 0 Å². The molecule has 0 aliphatic heterocycles. The lowest BCUT2D eigenvalue weighted by Crippen LogP contribution is -2.45. The molecule has 1 aliphatic carbocycles. The number of carbonyl (C=O) groups excluding carboxylic acids is 1. The van der Waals surface area contributed by atoms with Crippen molar-refractivity contribution >= 4 is 12.1 Å². The third-order valence-electron chi connectivity index (χ3n) is 3.60. The van der Waals surface area contributed by atoms with Crippen LogP contribution in [0.3, 0.4) is 0 Å². The normalized spacial score (nSPS) is 22.0. The Morgan fingerprint density at radius 2 is 1.90 bits per heavy atom. The molecule has 2 atom stereocenters. The van der Waals surface area contributed by atoms with Crippen molar-refractivity contribution in [3.8, 4) is 0 Å². The fraction of sp³-hybridized carbons (Fsp3) is 0.467. The second kappa shape index (κ2) is 6.93. The monoisotopic (exact) mass is 277 g/mol. The third kappa shape index (κ3) is 3.98. The maximum absolute atomic E-state index is 11.7. The number of rotatable bonds is 4. The van der Waals surface area contributed by atoms with Crippen molar-refractivity contribution in [1.82, 2.24) is 5.32 Å². The van der Waals surface area contributed by atoms with Crippen molar-refractivity contribution in [2.24, 2.45) is 5.92 Å². The van der Waals surface area contributed by atoms with E-state index in [9.17, 15) is 9.59 Å². The minimum atomic E-state index is -0.849. The molecule has 5 nitrogen and oxygen atoms in total. The Morgan fingerprint density at radius 1 is 1.20 bits per heavy atom. The van der Waals surface area contributed by atoms with E-state index in [2.05, 4.69) is 5.32 Å². The average Bonchev–Trinajstić information content (AvgIpc) is 2.46. The lowest BCUT2D eigenvalue weighted by Gasteiger charge is -2.28. The molecule has 0 unspecified atom stereocenters. The van der Waals surface area contributed by atoms with E-state index in [-0.39, 0.29) is 12.6 Å². The van der Waals surface area contributed by atoms with Gasteiger partial charge in [-0.3, -0.25) is 4.79 Å². The van der Waals surface area contributed by atoms with Crippen LogP contribution in [0.2, 0.25) is 0 Å². The molecule has 1 fully saturated rings. The summed E-state index contributed by atoms with van der Waals surface area (Å²) in [7, 11) is 0. The molecule has 1 aromatic carbocycles. The van der Waals surface area contributed by atoms with Crippen molar-refractivity contribution in [3.63, 3.8) is 0 Å². The number of ether oxygens (including phenoxy) is 1. The van der Waals surface area contributed by atoms with Crippen molar-refractivity contribution in [3.05, 3.63) is 35.9 Å². The molecule has 20 heavy (non-hydrogen) atoms. The van der Waals surface area contributed by atoms with E-state index < -0.39 is 18.0 Å². The van der Waals surface area contributed by atoms with Crippen molar-refractivity contribution in [2.75, 3.05) is 0 Å². The van der Waals surface area contributed by atoms with Gasteiger partial charge < -0.3 is 15.2 Å². The zero-order chi connectivity index (χ0) is 14.4. The summed E-state index contributed by atoms with van der Waals surface area (Å²) in [6, 6.07) is 9.05. The molecule has 1 saturated carbocycles. The molecule has 2 rings (SSSR count). The number of carboxylic acids is 1. The van der Waals surface area contributed by atoms with Crippen LogP contribution in [0, 0.1) is 5.92 Å². The number of hydrogen-bond donors (Lipinski definition) is 2. The quantitative estimate of drug-likeness (QED) is 0.886. The van der Waals surface area contributed by atoms with Gasteiger partial charge in [-0.15, -0.1) is 0 Å². The van der Waals surface area contributed by atoms with Gasteiger partial charge in [-0.1, -0.05) is 43.2 Å². The molecule has 0 spiro atoms. The van der Waals surface area contributed by atoms with Gasteiger partial charge in [-0.25, -0.2) is 4.79 Å². The number of nitrogens with one attached hydrogen (secondary N) is 1. The molecule has 0 heterocycles. The third-order valence-corrected chi connectivity index (χ3v) is 3.60. The molecule has 0 saturated heterocycles. The van der Waals surface area contributed by atoms with Crippen molar-refractivity contribution in [2.45, 2.75) is 38.3 Å². The highest BCUT2D eigenvalue weighted by atomic mass is 16.5. The van der Waals surface area contributed by atoms with E-state index in [1.54, 1.807) is 0 Å². The fourth-order valence-electron chi connectivity index (χ4n) is 2.52. The SMILES string of the molecule is O=C(N[C@@H]1CCCC[C@@H]1C(=O)O)OCc1ccccc1. The Labute approximate surface area is 117 Å². The summed E-state index contributed by atoms with van der Waals surface area (Å²) >= 11 is 0. The highest BCUT2D eigenvalue weighted by molar-refractivity contribution is 5.73. The van der Waals surface area contributed by atoms with Crippen LogP contribution in [-0.2, 0) is 16.1 Å². The Hall–Kier alpha value is -2.04. The standard InChI is InChI=1S/C15H19NO4/c17-14(18)12-8-4-5-9-13(12)16-15(19)20-10-11-6-2-1-3-7-11/h1-3,6-7,12-13H,4-5,8-10H2,(H,16,19)(H,17,18)/t12-,13+/m0/s1. The van der Waals surface area contributed by atoms with Gasteiger partial charge in [-0.2, -0.15) is 0 Å². The summed E-state index contributed by atoms with van der Waals surface area (Å²) in [6.45, 7) is 0.192. The molecule has 1 amide bonds. The number of amides is 1. The summed E-state index contributed by atoms with van der Waals surface area (Å²) < 4.78 is 5.12. The minimum absolute atomic E-state index is 0.192. The van der Waals surface area contributed by atoms with Crippen molar-refractivity contribution < 1.29 is 19.4 Å². The number of carbonyl (C=O) groups is 2. The van der Waals surface area contributed by atoms with Crippen LogP contribution in [0.25, 0.3) is 0 Å². The summed E-state index contributed by atoms with van der Waals surface area (Å²) in [5.41, 5.74) is 0.904. The molecule has 0 bridgehead atoms. The van der Waals surface area contributed by atoms with Gasteiger partial charge in [0.15, 0.2) is 0 Å². The Balaban J connectivity index is 1.82. The molecular formula is C15H19NO4. The van der Waals surface area contributed by atoms with E-state index >= 15 is 0 Å². The van der Waals surface area contributed by atoms with Crippen LogP contribution in [-0.4, -0.2) is 23.2 Å². The molecule has 0 aromatic heterocycles. The van der Waals surface area contributed by atoms with Gasteiger partial charge in [0.05, 0.1) is 5.92 Å². The van der Waals surface area contributed by atoms with Gasteiger partial charge in [0.1, 0.15) is 6.61 Å². The Morgan fingerprint density at radius 3 is 2.60 bits per heavy atom. The number of aliphatic carboxylic acids is 1. The highest BCUT2D eigenvalue weighted by Crippen LogP contribution is 2.24. The number of benzene rings is 1. The first-order valence-corrected chi connectivity index (χ1v) is 6.87. The first-order valence-electron chi connectivity index (χ1n) is 6.87. The summed E-state index contributed by atoms with van der Waals surface area (Å²) in [5, 5.41) is 11.8. The van der Waals surface area contributed by atoms with Crippen LogP contribution in [0.4, 0.5) is 4.79 Å². The molecule has 108 valence electrons. The smallest absolute Gasteiger partial charge is 0.407 e. The van der Waals surface area contributed by atoms with Crippen LogP contribution in [0.1, 0.15) is 31.2 Å². The van der Waals surface area contributed by atoms with Gasteiger partial charge in [0.25, 0.3) is 0 Å². The fourth-order valence-corrected chi connectivity index (χ4v) is 2.52. The molecule has 5 heteroatoms. The predicted octanol–water partition coefficient (Wildman–Crippen LogP) is 2.56. The number of alkyl carbamates (subject to hydrolysis) is 1. The van der Waals surface area contributed by atoms with Gasteiger partial charge in [0.2, 0.25) is 0 Å². The van der Waals surface area contributed by atoms with Crippen LogP contribution < -0.4 is 5.32 Å². The zero-order valence-corrected chi connectivity index (χ0v) is 11.2. The largest absolute Gasteiger partial charge is 0.481 e. The second-order valence-electron chi connectivity index (χ2n) is 5.04. The van der Waals surface area contributed by atoms with Crippen LogP contribution >= 0.6 is 0 Å². The topological polar surface area (TPSA) is 75.6 Å². The summed E-state index contributed by atoms with van der Waals surface area (Å²) in [6.07, 6.45) is 2.59. The van der Waals surface area contributed by atoms with E-state index in [4.69, 9.17) is 9.84 Å². The molecule has 2 N–H and O–H groups in total. The van der Waals surface area contributed by atoms with Gasteiger partial charge >= 0.3 is 12.1 Å². The Kier molecular flexibility index (Phi) is 4.98. The minimum Gasteiger partial charge on any atom is -0.481 e. The average molecular weight is 277 g/mol.